The van der Waals surface area contributed by atoms with Crippen LogP contribution in [0.3, 0.4) is 0 Å². The first kappa shape index (κ1) is 15.7. The molecule has 4 aliphatic carbocycles. The van der Waals surface area contributed by atoms with E-state index in [1.54, 1.807) is 0 Å². The van der Waals surface area contributed by atoms with Crippen LogP contribution in [0, 0.1) is 28.1 Å². The van der Waals surface area contributed by atoms with E-state index in [0.717, 1.165) is 44.9 Å². The Kier molecular flexibility index (Phi) is 3.01. The van der Waals surface area contributed by atoms with Gasteiger partial charge in [0.05, 0.1) is 5.60 Å². The third-order valence-corrected chi connectivity index (χ3v) is 8.47. The summed E-state index contributed by atoms with van der Waals surface area (Å²) in [5.41, 5.74) is -0.976. The lowest BCUT2D eigenvalue weighted by Gasteiger charge is -2.66. The molecule has 0 aromatic heterocycles. The van der Waals surface area contributed by atoms with Crippen LogP contribution >= 0.6 is 0 Å². The molecule has 4 saturated carbocycles. The number of rotatable bonds is 1. The monoisotopic (exact) mass is 318 g/mol. The van der Waals surface area contributed by atoms with Crippen LogP contribution < -0.4 is 0 Å². The van der Waals surface area contributed by atoms with Gasteiger partial charge in [0.1, 0.15) is 5.41 Å². The maximum absolute atomic E-state index is 12.6. The lowest BCUT2D eigenvalue weighted by molar-refractivity contribution is -0.266. The van der Waals surface area contributed by atoms with Gasteiger partial charge in [-0.15, -0.1) is 0 Å². The third kappa shape index (κ3) is 1.63. The van der Waals surface area contributed by atoms with E-state index in [1.807, 2.05) is 0 Å². The van der Waals surface area contributed by atoms with Gasteiger partial charge in [-0.25, -0.2) is 0 Å². The summed E-state index contributed by atoms with van der Waals surface area (Å²) in [6.45, 7) is 8.69. The minimum Gasteiger partial charge on any atom is -0.481 e. The van der Waals surface area contributed by atoms with Crippen LogP contribution in [-0.4, -0.2) is 21.8 Å². The number of carbonyl (C=O) groups is 1. The van der Waals surface area contributed by atoms with Crippen molar-refractivity contribution >= 4 is 5.97 Å². The molecule has 0 aliphatic heterocycles. The van der Waals surface area contributed by atoms with E-state index in [4.69, 9.17) is 0 Å². The van der Waals surface area contributed by atoms with Crippen LogP contribution in [0.2, 0.25) is 0 Å². The highest BCUT2D eigenvalue weighted by Crippen LogP contribution is 2.73. The van der Waals surface area contributed by atoms with Crippen LogP contribution in [0.15, 0.2) is 12.2 Å². The lowest BCUT2D eigenvalue weighted by atomic mass is 9.38. The van der Waals surface area contributed by atoms with E-state index in [0.29, 0.717) is 18.8 Å². The van der Waals surface area contributed by atoms with E-state index in [2.05, 4.69) is 20.4 Å². The summed E-state index contributed by atoms with van der Waals surface area (Å²) in [5.74, 6) is -0.149. The van der Waals surface area contributed by atoms with Gasteiger partial charge < -0.3 is 10.2 Å². The molecule has 23 heavy (non-hydrogen) atoms. The molecule has 3 nitrogen and oxygen atoms in total. The van der Waals surface area contributed by atoms with Gasteiger partial charge in [0, 0.05) is 5.41 Å². The molecular weight excluding hydrogens is 288 g/mol. The van der Waals surface area contributed by atoms with Crippen molar-refractivity contribution in [3.63, 3.8) is 0 Å². The average molecular weight is 318 g/mol. The Labute approximate surface area is 139 Å². The molecule has 2 N–H and O–H groups in total. The van der Waals surface area contributed by atoms with Gasteiger partial charge in [0.25, 0.3) is 0 Å². The second-order valence-electron chi connectivity index (χ2n) is 9.63. The molecule has 0 amide bonds. The fraction of sp³-hybridized carbons (Fsp3) is 0.850. The SMILES string of the molecule is C=C1C[C@@]23CC[C@@H]4C(C)(C)CCC[C@@]4(C(=O)O)[C@]2(O)CC[C@@H]1C3. The predicted octanol–water partition coefficient (Wildman–Crippen LogP) is 4.16. The molecule has 0 saturated heterocycles. The maximum Gasteiger partial charge on any atom is 0.312 e. The summed E-state index contributed by atoms with van der Waals surface area (Å²) in [4.78, 5) is 12.6. The van der Waals surface area contributed by atoms with Crippen molar-refractivity contribution in [1.82, 2.24) is 0 Å². The molecule has 128 valence electrons. The summed E-state index contributed by atoms with van der Waals surface area (Å²) in [6.07, 6.45) is 7.93. The highest BCUT2D eigenvalue weighted by molar-refractivity contribution is 5.78. The van der Waals surface area contributed by atoms with Crippen molar-refractivity contribution in [2.24, 2.45) is 28.1 Å². The molecule has 4 rings (SSSR count). The molecule has 0 heterocycles. The number of hydrogen-bond acceptors (Lipinski definition) is 2. The maximum atomic E-state index is 12.6. The van der Waals surface area contributed by atoms with Crippen LogP contribution in [0.25, 0.3) is 0 Å². The Morgan fingerprint density at radius 3 is 2.61 bits per heavy atom. The van der Waals surface area contributed by atoms with Gasteiger partial charge >= 0.3 is 5.97 Å². The largest absolute Gasteiger partial charge is 0.481 e. The first-order chi connectivity index (χ1) is 10.7. The number of allylic oxidation sites excluding steroid dienone is 1. The minimum atomic E-state index is -1.05. The number of aliphatic carboxylic acids is 1. The Bertz CT molecular complexity index is 579. The van der Waals surface area contributed by atoms with E-state index < -0.39 is 17.0 Å². The van der Waals surface area contributed by atoms with Crippen LogP contribution in [0.1, 0.15) is 71.6 Å². The zero-order valence-electron chi connectivity index (χ0n) is 14.5. The van der Waals surface area contributed by atoms with E-state index in [9.17, 15) is 15.0 Å². The fourth-order valence-electron chi connectivity index (χ4n) is 7.45. The summed E-state index contributed by atoms with van der Waals surface area (Å²) < 4.78 is 0. The number of hydrogen-bond donors (Lipinski definition) is 2. The molecule has 0 unspecified atom stereocenters. The Hall–Kier alpha value is -0.830. The Morgan fingerprint density at radius 2 is 1.91 bits per heavy atom. The first-order valence-corrected chi connectivity index (χ1v) is 9.32. The molecule has 0 aromatic rings. The van der Waals surface area contributed by atoms with Gasteiger partial charge in [0.2, 0.25) is 0 Å². The van der Waals surface area contributed by atoms with Crippen molar-refractivity contribution in [2.45, 2.75) is 77.2 Å². The van der Waals surface area contributed by atoms with E-state index >= 15 is 0 Å². The third-order valence-electron chi connectivity index (χ3n) is 8.47. The van der Waals surface area contributed by atoms with Crippen molar-refractivity contribution in [3.05, 3.63) is 12.2 Å². The number of aliphatic hydroxyl groups is 1. The van der Waals surface area contributed by atoms with Crippen molar-refractivity contribution in [2.75, 3.05) is 0 Å². The summed E-state index contributed by atoms with van der Waals surface area (Å²) in [5, 5.41) is 22.4. The second-order valence-corrected chi connectivity index (χ2v) is 9.63. The molecule has 4 fully saturated rings. The topological polar surface area (TPSA) is 57.5 Å². The van der Waals surface area contributed by atoms with Gasteiger partial charge in [-0.2, -0.15) is 0 Å². The molecule has 4 aliphatic rings. The van der Waals surface area contributed by atoms with Crippen LogP contribution in [0.4, 0.5) is 0 Å². The molecule has 5 atom stereocenters. The van der Waals surface area contributed by atoms with E-state index in [-0.39, 0.29) is 16.7 Å². The highest BCUT2D eigenvalue weighted by atomic mass is 16.4. The lowest BCUT2D eigenvalue weighted by Crippen LogP contribution is -2.71. The second kappa shape index (κ2) is 4.41. The smallest absolute Gasteiger partial charge is 0.312 e. The summed E-state index contributed by atoms with van der Waals surface area (Å²) in [7, 11) is 0. The predicted molar refractivity (Wildman–Crippen MR) is 88.9 cm³/mol. The van der Waals surface area contributed by atoms with Crippen LogP contribution in [-0.2, 0) is 4.79 Å². The Morgan fingerprint density at radius 1 is 1.17 bits per heavy atom. The molecule has 0 radical (unpaired) electrons. The quantitative estimate of drug-likeness (QED) is 0.714. The highest BCUT2D eigenvalue weighted by Gasteiger charge is 2.75. The molecular formula is C20H30O3. The van der Waals surface area contributed by atoms with Gasteiger partial charge in [-0.1, -0.05) is 32.4 Å². The van der Waals surface area contributed by atoms with E-state index in [1.165, 1.54) is 5.57 Å². The van der Waals surface area contributed by atoms with Gasteiger partial charge in [-0.05, 0) is 68.6 Å². The van der Waals surface area contributed by atoms with Crippen molar-refractivity contribution in [3.8, 4) is 0 Å². The molecule has 3 heteroatoms. The van der Waals surface area contributed by atoms with Crippen LogP contribution in [0.5, 0.6) is 0 Å². The zero-order chi connectivity index (χ0) is 16.7. The number of carboxylic acids is 1. The summed E-state index contributed by atoms with van der Waals surface area (Å²) in [6, 6.07) is 0. The van der Waals surface area contributed by atoms with Crippen molar-refractivity contribution < 1.29 is 15.0 Å². The average Bonchev–Trinajstić information content (AvgIpc) is 2.73. The molecule has 0 aromatic carbocycles. The normalized spacial score (nSPS) is 51.0. The van der Waals surface area contributed by atoms with Gasteiger partial charge in [-0.3, -0.25) is 4.79 Å². The molecule has 2 bridgehead atoms. The number of fused-ring (bicyclic) bond motifs is 3. The van der Waals surface area contributed by atoms with Gasteiger partial charge in [0.15, 0.2) is 0 Å². The van der Waals surface area contributed by atoms with Crippen molar-refractivity contribution in [1.29, 1.82) is 0 Å². The number of carboxylic acid groups (broad SMARTS) is 1. The molecule has 1 spiro atoms. The standard InChI is InChI=1S/C20H30O3/c1-13-11-18-9-6-15-17(2,3)7-4-8-19(15,16(21)22)20(18,23)10-5-14(13)12-18/h14-15,23H,1,4-12H2,2-3H3,(H,21,22)/t14-,15-,18-,19-,20+/m1/s1. The Balaban J connectivity index is 1.90. The zero-order valence-corrected chi connectivity index (χ0v) is 14.5. The minimum absolute atomic E-state index is 0.000438. The first-order valence-electron chi connectivity index (χ1n) is 9.32. The summed E-state index contributed by atoms with van der Waals surface area (Å²) >= 11 is 0. The fourth-order valence-corrected chi connectivity index (χ4v) is 7.45.